The Labute approximate surface area is 111 Å². The SMILES string of the molecule is Cc1cc(C(=O)NC(C)C(=O)NC2CC2)cc(N)n1. The summed E-state index contributed by atoms with van der Waals surface area (Å²) in [5.74, 6) is -0.189. The van der Waals surface area contributed by atoms with Crippen LogP contribution in [0.5, 0.6) is 0 Å². The van der Waals surface area contributed by atoms with Crippen molar-refractivity contribution in [2.75, 3.05) is 5.73 Å². The molecule has 0 aromatic carbocycles. The standard InChI is InChI=1S/C13H18N4O2/c1-7-5-9(6-11(14)15-7)13(19)16-8(2)12(18)17-10-3-4-10/h5-6,8,10H,3-4H2,1-2H3,(H2,14,15)(H,16,19)(H,17,18). The van der Waals surface area contributed by atoms with Crippen molar-refractivity contribution >= 4 is 17.6 Å². The van der Waals surface area contributed by atoms with E-state index in [1.54, 1.807) is 19.9 Å². The van der Waals surface area contributed by atoms with Crippen LogP contribution in [0.4, 0.5) is 5.82 Å². The van der Waals surface area contributed by atoms with E-state index in [2.05, 4.69) is 15.6 Å². The second-order valence-electron chi connectivity index (χ2n) is 4.90. The summed E-state index contributed by atoms with van der Waals surface area (Å²) in [5, 5.41) is 5.49. The predicted octanol–water partition coefficient (Wildman–Crippen LogP) is 0.369. The fourth-order valence-electron chi connectivity index (χ4n) is 1.72. The number of nitrogens with two attached hydrogens (primary N) is 1. The number of hydrogen-bond acceptors (Lipinski definition) is 4. The molecule has 2 rings (SSSR count). The molecule has 1 aromatic rings. The minimum absolute atomic E-state index is 0.158. The van der Waals surface area contributed by atoms with Gasteiger partial charge in [-0.3, -0.25) is 9.59 Å². The van der Waals surface area contributed by atoms with Crippen molar-refractivity contribution in [3.8, 4) is 0 Å². The average Bonchev–Trinajstić information content (AvgIpc) is 3.11. The Hall–Kier alpha value is -2.11. The first kappa shape index (κ1) is 13.3. The number of nitrogens with zero attached hydrogens (tertiary/aromatic N) is 1. The van der Waals surface area contributed by atoms with E-state index < -0.39 is 6.04 Å². The van der Waals surface area contributed by atoms with Crippen molar-refractivity contribution in [2.24, 2.45) is 0 Å². The smallest absolute Gasteiger partial charge is 0.252 e. The lowest BCUT2D eigenvalue weighted by atomic mass is 10.2. The number of nitrogen functional groups attached to an aromatic ring is 1. The topological polar surface area (TPSA) is 97.1 Å². The molecule has 6 nitrogen and oxygen atoms in total. The summed E-state index contributed by atoms with van der Waals surface area (Å²) >= 11 is 0. The Morgan fingerprint density at radius 2 is 2.11 bits per heavy atom. The summed E-state index contributed by atoms with van der Waals surface area (Å²) in [6.45, 7) is 3.42. The minimum atomic E-state index is -0.567. The Kier molecular flexibility index (Phi) is 3.69. The summed E-state index contributed by atoms with van der Waals surface area (Å²) < 4.78 is 0. The second kappa shape index (κ2) is 5.26. The van der Waals surface area contributed by atoms with Gasteiger partial charge >= 0.3 is 0 Å². The Morgan fingerprint density at radius 3 is 2.68 bits per heavy atom. The average molecular weight is 262 g/mol. The summed E-state index contributed by atoms with van der Waals surface area (Å²) in [4.78, 5) is 27.7. The van der Waals surface area contributed by atoms with E-state index in [4.69, 9.17) is 5.73 Å². The largest absolute Gasteiger partial charge is 0.384 e. The Bertz CT molecular complexity index is 491. The van der Waals surface area contributed by atoms with Crippen LogP contribution in [0.3, 0.4) is 0 Å². The van der Waals surface area contributed by atoms with Crippen molar-refractivity contribution < 1.29 is 9.59 Å². The van der Waals surface area contributed by atoms with Gasteiger partial charge in [0.2, 0.25) is 5.91 Å². The molecule has 0 saturated heterocycles. The fraction of sp³-hybridized carbons (Fsp3) is 0.462. The summed E-state index contributed by atoms with van der Waals surface area (Å²) in [6.07, 6.45) is 2.04. The van der Waals surface area contributed by atoms with Crippen molar-refractivity contribution in [3.63, 3.8) is 0 Å². The van der Waals surface area contributed by atoms with Crippen LogP contribution in [0, 0.1) is 6.92 Å². The van der Waals surface area contributed by atoms with Crippen molar-refractivity contribution in [3.05, 3.63) is 23.4 Å². The maximum absolute atomic E-state index is 12.0. The van der Waals surface area contributed by atoms with Crippen molar-refractivity contribution in [1.82, 2.24) is 15.6 Å². The quantitative estimate of drug-likeness (QED) is 0.730. The van der Waals surface area contributed by atoms with Gasteiger partial charge in [0.25, 0.3) is 5.91 Å². The molecule has 1 heterocycles. The molecule has 1 saturated carbocycles. The lowest BCUT2D eigenvalue weighted by Gasteiger charge is -2.14. The molecule has 0 radical (unpaired) electrons. The molecule has 1 atom stereocenters. The number of pyridine rings is 1. The number of rotatable bonds is 4. The van der Waals surface area contributed by atoms with Crippen LogP contribution >= 0.6 is 0 Å². The number of amides is 2. The van der Waals surface area contributed by atoms with E-state index >= 15 is 0 Å². The first-order valence-corrected chi connectivity index (χ1v) is 6.31. The van der Waals surface area contributed by atoms with Crippen LogP contribution in [0.1, 0.15) is 35.8 Å². The highest BCUT2D eigenvalue weighted by Crippen LogP contribution is 2.18. The van der Waals surface area contributed by atoms with Gasteiger partial charge < -0.3 is 16.4 Å². The molecule has 0 spiro atoms. The first-order valence-electron chi connectivity index (χ1n) is 6.31. The first-order chi connectivity index (χ1) is 8.95. The molecule has 0 aliphatic heterocycles. The predicted molar refractivity (Wildman–Crippen MR) is 71.5 cm³/mol. The molecule has 6 heteroatoms. The Morgan fingerprint density at radius 1 is 1.42 bits per heavy atom. The van der Waals surface area contributed by atoms with Gasteiger partial charge in [-0.1, -0.05) is 0 Å². The third-order valence-corrected chi connectivity index (χ3v) is 2.90. The monoisotopic (exact) mass is 262 g/mol. The van der Waals surface area contributed by atoms with Gasteiger partial charge in [0, 0.05) is 17.3 Å². The highest BCUT2D eigenvalue weighted by Gasteiger charge is 2.26. The summed E-state index contributed by atoms with van der Waals surface area (Å²) in [6, 6.07) is 2.85. The van der Waals surface area contributed by atoms with Gasteiger partial charge in [-0.15, -0.1) is 0 Å². The number of carbonyl (C=O) groups excluding carboxylic acids is 2. The maximum atomic E-state index is 12.0. The minimum Gasteiger partial charge on any atom is -0.384 e. The maximum Gasteiger partial charge on any atom is 0.252 e. The third kappa shape index (κ3) is 3.67. The van der Waals surface area contributed by atoms with Gasteiger partial charge in [-0.25, -0.2) is 4.98 Å². The van der Waals surface area contributed by atoms with Gasteiger partial charge in [0.05, 0.1) is 0 Å². The molecule has 1 aliphatic carbocycles. The second-order valence-corrected chi connectivity index (χ2v) is 4.90. The lowest BCUT2D eigenvalue weighted by molar-refractivity contribution is -0.122. The van der Waals surface area contributed by atoms with Crippen molar-refractivity contribution in [1.29, 1.82) is 0 Å². The molecular formula is C13H18N4O2. The van der Waals surface area contributed by atoms with E-state index in [9.17, 15) is 9.59 Å². The van der Waals surface area contributed by atoms with Crippen LogP contribution in [0.25, 0.3) is 0 Å². The molecule has 2 amide bonds. The molecule has 19 heavy (non-hydrogen) atoms. The molecule has 0 bridgehead atoms. The lowest BCUT2D eigenvalue weighted by Crippen LogP contribution is -2.45. The summed E-state index contributed by atoms with van der Waals surface area (Å²) in [7, 11) is 0. The van der Waals surface area contributed by atoms with Gasteiger partial charge in [-0.2, -0.15) is 0 Å². The number of anilines is 1. The molecule has 1 aliphatic rings. The number of aromatic nitrogens is 1. The molecule has 1 fully saturated rings. The third-order valence-electron chi connectivity index (χ3n) is 2.90. The van der Waals surface area contributed by atoms with Gasteiger partial charge in [0.1, 0.15) is 11.9 Å². The van der Waals surface area contributed by atoms with Gasteiger partial charge in [0.15, 0.2) is 0 Å². The zero-order chi connectivity index (χ0) is 14.0. The molecule has 1 unspecified atom stereocenters. The van der Waals surface area contributed by atoms with E-state index in [1.807, 2.05) is 0 Å². The van der Waals surface area contributed by atoms with E-state index in [1.165, 1.54) is 6.07 Å². The zero-order valence-electron chi connectivity index (χ0n) is 11.1. The normalized spacial score (nSPS) is 15.7. The van der Waals surface area contributed by atoms with Crippen LogP contribution < -0.4 is 16.4 Å². The highest BCUT2D eigenvalue weighted by atomic mass is 16.2. The van der Waals surface area contributed by atoms with Gasteiger partial charge in [-0.05, 0) is 38.8 Å². The summed E-state index contributed by atoms with van der Waals surface area (Å²) in [5.41, 5.74) is 6.67. The molecular weight excluding hydrogens is 244 g/mol. The van der Waals surface area contributed by atoms with Crippen LogP contribution in [-0.2, 0) is 4.79 Å². The Balaban J connectivity index is 1.97. The van der Waals surface area contributed by atoms with Crippen molar-refractivity contribution in [2.45, 2.75) is 38.8 Å². The van der Waals surface area contributed by atoms with Crippen LogP contribution in [0.15, 0.2) is 12.1 Å². The number of hydrogen-bond donors (Lipinski definition) is 3. The number of aryl methyl sites for hydroxylation is 1. The fourth-order valence-corrected chi connectivity index (χ4v) is 1.72. The zero-order valence-corrected chi connectivity index (χ0v) is 11.1. The molecule has 1 aromatic heterocycles. The highest BCUT2D eigenvalue weighted by molar-refractivity contribution is 5.98. The van der Waals surface area contributed by atoms with Crippen LogP contribution in [0.2, 0.25) is 0 Å². The number of carbonyl (C=O) groups is 2. The van der Waals surface area contributed by atoms with E-state index in [0.29, 0.717) is 17.1 Å². The van der Waals surface area contributed by atoms with E-state index in [0.717, 1.165) is 12.8 Å². The van der Waals surface area contributed by atoms with Crippen LogP contribution in [-0.4, -0.2) is 28.9 Å². The number of nitrogens with one attached hydrogen (secondary N) is 2. The molecule has 102 valence electrons. The molecule has 4 N–H and O–H groups in total. The van der Waals surface area contributed by atoms with E-state index in [-0.39, 0.29) is 17.9 Å².